The van der Waals surface area contributed by atoms with Crippen LogP contribution in [-0.2, 0) is 6.61 Å². The largest absolute Gasteiger partial charge is 0.487 e. The summed E-state index contributed by atoms with van der Waals surface area (Å²) in [7, 11) is 0. The second kappa shape index (κ2) is 4.96. The number of carboxylic acids is 1. The molecule has 0 fully saturated rings. The van der Waals surface area contributed by atoms with Crippen LogP contribution in [0.1, 0.15) is 16.2 Å². The highest BCUT2D eigenvalue weighted by atomic mass is 79.9. The second-order valence-electron chi connectivity index (χ2n) is 3.17. The maximum Gasteiger partial charge on any atom is 0.358 e. The molecule has 88 valence electrons. The van der Waals surface area contributed by atoms with Crippen LogP contribution in [0.2, 0.25) is 0 Å². The summed E-state index contributed by atoms with van der Waals surface area (Å²) in [6.45, 7) is 0.0502. The number of halogens is 1. The van der Waals surface area contributed by atoms with E-state index in [1.165, 1.54) is 0 Å². The van der Waals surface area contributed by atoms with E-state index >= 15 is 0 Å². The molecule has 0 radical (unpaired) electrons. The predicted octanol–water partition coefficient (Wildman–Crippen LogP) is 1.84. The molecule has 2 N–H and O–H groups in total. The highest BCUT2D eigenvalue weighted by molar-refractivity contribution is 9.10. The van der Waals surface area contributed by atoms with Gasteiger partial charge < -0.3 is 9.84 Å². The zero-order valence-corrected chi connectivity index (χ0v) is 10.1. The first kappa shape index (κ1) is 11.6. The molecule has 0 aliphatic carbocycles. The van der Waals surface area contributed by atoms with Crippen molar-refractivity contribution >= 4 is 21.9 Å². The van der Waals surface area contributed by atoms with E-state index in [0.717, 1.165) is 4.47 Å². The molecular weight excluding hydrogens is 290 g/mol. The number of carboxylic acid groups (broad SMARTS) is 1. The van der Waals surface area contributed by atoms with E-state index in [4.69, 9.17) is 9.84 Å². The zero-order valence-electron chi connectivity index (χ0n) is 8.55. The first-order valence-corrected chi connectivity index (χ1v) is 5.47. The Bertz CT molecular complexity index is 541. The van der Waals surface area contributed by atoms with Gasteiger partial charge in [0.1, 0.15) is 18.1 Å². The van der Waals surface area contributed by atoms with Gasteiger partial charge in [-0.05, 0) is 18.2 Å². The molecule has 0 unspecified atom stereocenters. The van der Waals surface area contributed by atoms with Gasteiger partial charge in [-0.2, -0.15) is 10.3 Å². The van der Waals surface area contributed by atoms with Crippen molar-refractivity contribution < 1.29 is 14.6 Å². The Kier molecular flexibility index (Phi) is 3.38. The molecular formula is C10H8BrN3O3. The van der Waals surface area contributed by atoms with Crippen LogP contribution in [-0.4, -0.2) is 26.5 Å². The van der Waals surface area contributed by atoms with Gasteiger partial charge in [0.25, 0.3) is 0 Å². The molecule has 0 bridgehead atoms. The Morgan fingerprint density at radius 3 is 3.00 bits per heavy atom. The third kappa shape index (κ3) is 2.82. The molecule has 2 rings (SSSR count). The Morgan fingerprint density at radius 1 is 1.47 bits per heavy atom. The van der Waals surface area contributed by atoms with E-state index in [1.807, 2.05) is 12.1 Å². The lowest BCUT2D eigenvalue weighted by atomic mass is 10.3. The minimum atomic E-state index is -1.13. The number of hydrogen-bond acceptors (Lipinski definition) is 4. The number of aromatic nitrogens is 3. The third-order valence-electron chi connectivity index (χ3n) is 1.99. The van der Waals surface area contributed by atoms with Crippen molar-refractivity contribution in [3.05, 3.63) is 40.1 Å². The van der Waals surface area contributed by atoms with Gasteiger partial charge >= 0.3 is 5.97 Å². The van der Waals surface area contributed by atoms with Crippen LogP contribution in [0.5, 0.6) is 5.75 Å². The first-order valence-electron chi connectivity index (χ1n) is 4.68. The van der Waals surface area contributed by atoms with Crippen LogP contribution >= 0.6 is 15.9 Å². The molecule has 0 saturated heterocycles. The summed E-state index contributed by atoms with van der Waals surface area (Å²) in [6.07, 6.45) is 0. The van der Waals surface area contributed by atoms with Gasteiger partial charge in [0.15, 0.2) is 5.69 Å². The lowest BCUT2D eigenvalue weighted by Gasteiger charge is -2.04. The molecule has 0 spiro atoms. The van der Waals surface area contributed by atoms with Crippen LogP contribution in [0.4, 0.5) is 0 Å². The molecule has 0 atom stereocenters. The fourth-order valence-corrected chi connectivity index (χ4v) is 1.61. The maximum atomic E-state index is 10.8. The number of hydrogen-bond donors (Lipinski definition) is 2. The highest BCUT2D eigenvalue weighted by Gasteiger charge is 2.15. The number of nitrogens with zero attached hydrogens (tertiary/aromatic N) is 2. The molecule has 0 aliphatic rings. The molecule has 1 aromatic heterocycles. The van der Waals surface area contributed by atoms with Gasteiger partial charge in [-0.3, -0.25) is 0 Å². The molecule has 1 heterocycles. The van der Waals surface area contributed by atoms with Crippen molar-refractivity contribution in [2.24, 2.45) is 0 Å². The van der Waals surface area contributed by atoms with Crippen LogP contribution in [0, 0.1) is 0 Å². The first-order chi connectivity index (χ1) is 8.16. The zero-order chi connectivity index (χ0) is 12.3. The lowest BCUT2D eigenvalue weighted by Crippen LogP contribution is -2.05. The van der Waals surface area contributed by atoms with Crippen molar-refractivity contribution in [3.8, 4) is 5.75 Å². The Hall–Kier alpha value is -1.89. The number of nitrogens with one attached hydrogen (secondary N) is 1. The number of rotatable bonds is 4. The normalized spacial score (nSPS) is 10.2. The van der Waals surface area contributed by atoms with Crippen molar-refractivity contribution in [2.75, 3.05) is 0 Å². The average molecular weight is 298 g/mol. The minimum absolute atomic E-state index is 0.0502. The molecule has 2 aromatic rings. The van der Waals surface area contributed by atoms with Crippen molar-refractivity contribution in [3.63, 3.8) is 0 Å². The number of aromatic amines is 1. The van der Waals surface area contributed by atoms with Crippen molar-refractivity contribution in [1.82, 2.24) is 15.4 Å². The van der Waals surface area contributed by atoms with Gasteiger partial charge in [-0.1, -0.05) is 22.0 Å². The van der Waals surface area contributed by atoms with Gasteiger partial charge in [0, 0.05) is 4.47 Å². The highest BCUT2D eigenvalue weighted by Crippen LogP contribution is 2.18. The molecule has 17 heavy (non-hydrogen) atoms. The Morgan fingerprint density at radius 2 is 2.29 bits per heavy atom. The fourth-order valence-electron chi connectivity index (χ4n) is 1.23. The number of H-pyrrole nitrogens is 1. The van der Waals surface area contributed by atoms with E-state index in [2.05, 4.69) is 31.3 Å². The summed E-state index contributed by atoms with van der Waals surface area (Å²) < 4.78 is 6.29. The molecule has 0 aliphatic heterocycles. The van der Waals surface area contributed by atoms with Crippen LogP contribution < -0.4 is 4.74 Å². The summed E-state index contributed by atoms with van der Waals surface area (Å²) in [4.78, 5) is 10.8. The smallest absolute Gasteiger partial charge is 0.358 e. The average Bonchev–Trinajstić information content (AvgIpc) is 2.74. The van der Waals surface area contributed by atoms with E-state index < -0.39 is 5.97 Å². The summed E-state index contributed by atoms with van der Waals surface area (Å²) in [5.74, 6) is -0.509. The Labute approximate surface area is 105 Å². The molecule has 0 amide bonds. The SMILES string of the molecule is O=C(O)c1n[nH]nc1COc1cccc(Br)c1. The van der Waals surface area contributed by atoms with E-state index in [1.54, 1.807) is 12.1 Å². The standard InChI is InChI=1S/C10H8BrN3O3/c11-6-2-1-3-7(4-6)17-5-8-9(10(15)16)13-14-12-8/h1-4H,5H2,(H,15,16)(H,12,13,14). The molecule has 0 saturated carbocycles. The number of carbonyl (C=O) groups is 1. The summed E-state index contributed by atoms with van der Waals surface area (Å²) in [5.41, 5.74) is 0.137. The van der Waals surface area contributed by atoms with Crippen LogP contribution in [0.15, 0.2) is 28.7 Å². The fraction of sp³-hybridized carbons (Fsp3) is 0.100. The maximum absolute atomic E-state index is 10.8. The monoisotopic (exact) mass is 297 g/mol. The molecule has 6 nitrogen and oxygen atoms in total. The van der Waals surface area contributed by atoms with E-state index in [9.17, 15) is 4.79 Å². The number of ether oxygens (including phenoxy) is 1. The second-order valence-corrected chi connectivity index (χ2v) is 4.09. The Balaban J connectivity index is 2.07. The number of benzene rings is 1. The topological polar surface area (TPSA) is 88.1 Å². The van der Waals surface area contributed by atoms with Gasteiger partial charge in [0.05, 0.1) is 0 Å². The predicted molar refractivity (Wildman–Crippen MR) is 61.8 cm³/mol. The van der Waals surface area contributed by atoms with Crippen molar-refractivity contribution in [2.45, 2.75) is 6.61 Å². The molecule has 1 aromatic carbocycles. The van der Waals surface area contributed by atoms with Crippen LogP contribution in [0.25, 0.3) is 0 Å². The lowest BCUT2D eigenvalue weighted by molar-refractivity contribution is 0.0687. The quantitative estimate of drug-likeness (QED) is 0.899. The van der Waals surface area contributed by atoms with Gasteiger partial charge in [-0.25, -0.2) is 4.79 Å². The number of aromatic carboxylic acids is 1. The summed E-state index contributed by atoms with van der Waals surface area (Å²) >= 11 is 3.31. The molecule has 7 heteroatoms. The summed E-state index contributed by atoms with van der Waals surface area (Å²) in [6, 6.07) is 7.23. The van der Waals surface area contributed by atoms with Gasteiger partial charge in [0.2, 0.25) is 0 Å². The van der Waals surface area contributed by atoms with Crippen LogP contribution in [0.3, 0.4) is 0 Å². The third-order valence-corrected chi connectivity index (χ3v) is 2.49. The van der Waals surface area contributed by atoms with E-state index in [0.29, 0.717) is 5.75 Å². The van der Waals surface area contributed by atoms with Crippen molar-refractivity contribution in [1.29, 1.82) is 0 Å². The summed E-state index contributed by atoms with van der Waals surface area (Å²) in [5, 5.41) is 18.3. The van der Waals surface area contributed by atoms with E-state index in [-0.39, 0.29) is 18.0 Å². The minimum Gasteiger partial charge on any atom is -0.487 e. The van der Waals surface area contributed by atoms with Gasteiger partial charge in [-0.15, -0.1) is 5.10 Å².